The van der Waals surface area contributed by atoms with E-state index in [1.807, 2.05) is 37.3 Å². The fourth-order valence-electron chi connectivity index (χ4n) is 1.55. The maximum Gasteiger partial charge on any atom is 0.151 e. The zero-order valence-electron chi connectivity index (χ0n) is 9.83. The second-order valence-electron chi connectivity index (χ2n) is 3.98. The Morgan fingerprint density at radius 2 is 1.82 bits per heavy atom. The van der Waals surface area contributed by atoms with Crippen LogP contribution in [0.1, 0.15) is 11.1 Å². The molecule has 0 aromatic heterocycles. The second-order valence-corrected chi connectivity index (χ2v) is 4.90. The number of nitrogen functional groups attached to an aromatic ring is 1. The third kappa shape index (κ3) is 2.61. The van der Waals surface area contributed by atoms with Crippen LogP contribution in [0.2, 0.25) is 0 Å². The van der Waals surface area contributed by atoms with Gasteiger partial charge in [0.05, 0.1) is 5.69 Å². The molecule has 0 saturated carbocycles. The minimum atomic E-state index is 0.633. The van der Waals surface area contributed by atoms with Crippen LogP contribution >= 0.6 is 15.9 Å². The molecule has 0 heterocycles. The molecule has 2 nitrogen and oxygen atoms in total. The van der Waals surface area contributed by atoms with Crippen molar-refractivity contribution in [3.8, 4) is 11.5 Å². The van der Waals surface area contributed by atoms with Crippen LogP contribution in [0.3, 0.4) is 0 Å². The predicted molar refractivity (Wildman–Crippen MR) is 74.5 cm³/mol. The maximum absolute atomic E-state index is 5.88. The van der Waals surface area contributed by atoms with Gasteiger partial charge >= 0.3 is 0 Å². The van der Waals surface area contributed by atoms with Crippen molar-refractivity contribution in [3.63, 3.8) is 0 Å². The summed E-state index contributed by atoms with van der Waals surface area (Å²) in [6.45, 7) is 4.10. The van der Waals surface area contributed by atoms with Crippen LogP contribution < -0.4 is 10.5 Å². The van der Waals surface area contributed by atoms with E-state index >= 15 is 0 Å². The normalized spacial score (nSPS) is 10.3. The average molecular weight is 292 g/mol. The first-order chi connectivity index (χ1) is 8.08. The van der Waals surface area contributed by atoms with Crippen LogP contribution in [0, 0.1) is 13.8 Å². The average Bonchev–Trinajstić information content (AvgIpc) is 2.30. The van der Waals surface area contributed by atoms with E-state index in [9.17, 15) is 0 Å². The van der Waals surface area contributed by atoms with Gasteiger partial charge in [0.25, 0.3) is 0 Å². The van der Waals surface area contributed by atoms with Gasteiger partial charge in [-0.3, -0.25) is 0 Å². The third-order valence-electron chi connectivity index (χ3n) is 2.75. The van der Waals surface area contributed by atoms with Gasteiger partial charge in [-0.25, -0.2) is 0 Å². The second kappa shape index (κ2) is 4.80. The first kappa shape index (κ1) is 12.0. The van der Waals surface area contributed by atoms with E-state index in [0.717, 1.165) is 15.8 Å². The number of hydrogen-bond donors (Lipinski definition) is 1. The lowest BCUT2D eigenvalue weighted by Crippen LogP contribution is -1.94. The molecule has 3 heteroatoms. The van der Waals surface area contributed by atoms with Crippen LogP contribution in [-0.4, -0.2) is 0 Å². The molecule has 17 heavy (non-hydrogen) atoms. The quantitative estimate of drug-likeness (QED) is 0.830. The number of halogens is 1. The van der Waals surface area contributed by atoms with E-state index in [-0.39, 0.29) is 0 Å². The highest BCUT2D eigenvalue weighted by Crippen LogP contribution is 2.32. The van der Waals surface area contributed by atoms with Crippen molar-refractivity contribution in [2.24, 2.45) is 0 Å². The van der Waals surface area contributed by atoms with Gasteiger partial charge in [-0.15, -0.1) is 0 Å². The van der Waals surface area contributed by atoms with Gasteiger partial charge in [0.1, 0.15) is 5.75 Å². The lowest BCUT2D eigenvalue weighted by atomic mass is 10.1. The predicted octanol–water partition coefficient (Wildman–Crippen LogP) is 4.44. The van der Waals surface area contributed by atoms with Crippen molar-refractivity contribution in [2.45, 2.75) is 13.8 Å². The Hall–Kier alpha value is -1.48. The Labute approximate surface area is 110 Å². The molecule has 0 atom stereocenters. The summed E-state index contributed by atoms with van der Waals surface area (Å²) < 4.78 is 6.80. The molecule has 0 aliphatic heterocycles. The Kier molecular flexibility index (Phi) is 3.38. The lowest BCUT2D eigenvalue weighted by Gasteiger charge is -2.12. The number of anilines is 1. The number of hydrogen-bond acceptors (Lipinski definition) is 2. The highest BCUT2D eigenvalue weighted by molar-refractivity contribution is 9.10. The van der Waals surface area contributed by atoms with Crippen molar-refractivity contribution < 1.29 is 4.74 Å². The van der Waals surface area contributed by atoms with Gasteiger partial charge in [-0.05, 0) is 49.2 Å². The Bertz CT molecular complexity index is 552. The van der Waals surface area contributed by atoms with Crippen LogP contribution in [0.15, 0.2) is 40.9 Å². The molecule has 2 rings (SSSR count). The minimum absolute atomic E-state index is 0.633. The van der Waals surface area contributed by atoms with Crippen LogP contribution in [0.4, 0.5) is 5.69 Å². The van der Waals surface area contributed by atoms with E-state index in [0.29, 0.717) is 11.4 Å². The molecular weight excluding hydrogens is 278 g/mol. The minimum Gasteiger partial charge on any atom is -0.455 e. The summed E-state index contributed by atoms with van der Waals surface area (Å²) in [5.41, 5.74) is 8.85. The molecule has 0 fully saturated rings. The van der Waals surface area contributed by atoms with Gasteiger partial charge in [0, 0.05) is 4.47 Å². The van der Waals surface area contributed by atoms with E-state index in [1.165, 1.54) is 5.56 Å². The molecule has 0 aliphatic rings. The summed E-state index contributed by atoms with van der Waals surface area (Å²) in [5, 5.41) is 0. The Morgan fingerprint density at radius 1 is 1.06 bits per heavy atom. The van der Waals surface area contributed by atoms with Gasteiger partial charge in [-0.2, -0.15) is 0 Å². The molecule has 0 radical (unpaired) electrons. The summed E-state index contributed by atoms with van der Waals surface area (Å²) in [4.78, 5) is 0. The van der Waals surface area contributed by atoms with Crippen molar-refractivity contribution in [3.05, 3.63) is 52.0 Å². The van der Waals surface area contributed by atoms with Crippen LogP contribution in [0.25, 0.3) is 0 Å². The zero-order chi connectivity index (χ0) is 12.4. The standard InChI is InChI=1S/C14H14BrNO/c1-9-4-3-5-13(10(9)2)17-14-8-11(15)6-7-12(14)16/h3-8H,16H2,1-2H3. The van der Waals surface area contributed by atoms with Crippen molar-refractivity contribution in [1.82, 2.24) is 0 Å². The molecule has 0 spiro atoms. The summed E-state index contributed by atoms with van der Waals surface area (Å²) in [7, 11) is 0. The first-order valence-corrected chi connectivity index (χ1v) is 6.16. The van der Waals surface area contributed by atoms with Crippen molar-refractivity contribution in [1.29, 1.82) is 0 Å². The molecule has 88 valence electrons. The molecule has 0 saturated heterocycles. The molecule has 0 amide bonds. The summed E-state index contributed by atoms with van der Waals surface area (Å²) >= 11 is 3.41. The number of benzene rings is 2. The van der Waals surface area contributed by atoms with E-state index in [4.69, 9.17) is 10.5 Å². The maximum atomic E-state index is 5.88. The Morgan fingerprint density at radius 3 is 2.59 bits per heavy atom. The first-order valence-electron chi connectivity index (χ1n) is 5.37. The molecule has 0 unspecified atom stereocenters. The van der Waals surface area contributed by atoms with Gasteiger partial charge in [-0.1, -0.05) is 28.1 Å². The zero-order valence-corrected chi connectivity index (χ0v) is 11.4. The number of aryl methyl sites for hydroxylation is 1. The molecule has 0 aliphatic carbocycles. The smallest absolute Gasteiger partial charge is 0.151 e. The molecule has 2 aromatic rings. The SMILES string of the molecule is Cc1cccc(Oc2cc(Br)ccc2N)c1C. The largest absolute Gasteiger partial charge is 0.455 e. The van der Waals surface area contributed by atoms with Gasteiger partial charge in [0.15, 0.2) is 5.75 Å². The lowest BCUT2D eigenvalue weighted by molar-refractivity contribution is 0.480. The topological polar surface area (TPSA) is 35.2 Å². The van der Waals surface area contributed by atoms with E-state index in [1.54, 1.807) is 0 Å². The fraction of sp³-hybridized carbons (Fsp3) is 0.143. The van der Waals surface area contributed by atoms with Crippen molar-refractivity contribution in [2.75, 3.05) is 5.73 Å². The summed E-state index contributed by atoms with van der Waals surface area (Å²) in [5.74, 6) is 1.52. The van der Waals surface area contributed by atoms with Crippen LogP contribution in [0.5, 0.6) is 11.5 Å². The molecule has 2 aromatic carbocycles. The third-order valence-corrected chi connectivity index (χ3v) is 3.24. The summed E-state index contributed by atoms with van der Waals surface area (Å²) in [6, 6.07) is 11.6. The number of ether oxygens (including phenoxy) is 1. The van der Waals surface area contributed by atoms with Gasteiger partial charge < -0.3 is 10.5 Å². The fourth-order valence-corrected chi connectivity index (χ4v) is 1.89. The highest BCUT2D eigenvalue weighted by Gasteiger charge is 2.06. The molecule has 2 N–H and O–H groups in total. The number of nitrogens with two attached hydrogens (primary N) is 1. The Balaban J connectivity index is 2.38. The number of rotatable bonds is 2. The highest BCUT2D eigenvalue weighted by atomic mass is 79.9. The van der Waals surface area contributed by atoms with Crippen LogP contribution in [-0.2, 0) is 0 Å². The van der Waals surface area contributed by atoms with Gasteiger partial charge in [0.2, 0.25) is 0 Å². The van der Waals surface area contributed by atoms with E-state index < -0.39 is 0 Å². The molecular formula is C14H14BrNO. The van der Waals surface area contributed by atoms with E-state index in [2.05, 4.69) is 28.9 Å². The molecule has 0 bridgehead atoms. The monoisotopic (exact) mass is 291 g/mol. The summed E-state index contributed by atoms with van der Waals surface area (Å²) in [6.07, 6.45) is 0. The van der Waals surface area contributed by atoms with Crippen molar-refractivity contribution >= 4 is 21.6 Å².